The molecule has 0 saturated carbocycles. The Bertz CT molecular complexity index is 2010. The number of cyclic esters (lactones) is 1. The lowest BCUT2D eigenvalue weighted by Gasteiger charge is -2.50. The molecule has 3 aliphatic heterocycles. The average molecular weight is 986 g/mol. The zero-order valence-electron chi connectivity index (χ0n) is 42.7. The summed E-state index contributed by atoms with van der Waals surface area (Å²) in [4.78, 5) is 60.4. The molecule has 4 heterocycles. The van der Waals surface area contributed by atoms with E-state index in [4.69, 9.17) is 37.9 Å². The first-order chi connectivity index (χ1) is 33.3. The van der Waals surface area contributed by atoms with E-state index in [2.05, 4.69) is 4.98 Å². The van der Waals surface area contributed by atoms with Crippen molar-refractivity contribution in [1.82, 2.24) is 14.8 Å². The number of nitrogens with zero attached hydrogens (tertiary/aromatic N) is 3. The molecule has 2 aromatic rings. The molecule has 3 fully saturated rings. The van der Waals surface area contributed by atoms with Crippen molar-refractivity contribution in [2.45, 2.75) is 185 Å². The maximum atomic E-state index is 14.2. The van der Waals surface area contributed by atoms with E-state index in [9.17, 15) is 34.5 Å². The van der Waals surface area contributed by atoms with Crippen molar-refractivity contribution in [2.24, 2.45) is 11.8 Å². The largest absolute Gasteiger partial charge is 0.462 e. The van der Waals surface area contributed by atoms with E-state index in [1.807, 2.05) is 61.4 Å². The number of para-hydroxylation sites is 1. The van der Waals surface area contributed by atoms with Gasteiger partial charge in [0.15, 0.2) is 18.7 Å². The number of hydrogen-bond donors (Lipinski definition) is 3. The van der Waals surface area contributed by atoms with Gasteiger partial charge in [0, 0.05) is 57.3 Å². The molecule has 1 aromatic heterocycles. The number of methoxy groups -OCH3 is 1. The molecule has 392 valence electrons. The van der Waals surface area contributed by atoms with Gasteiger partial charge in [0.2, 0.25) is 0 Å². The number of esters is 3. The Morgan fingerprint density at radius 2 is 1.69 bits per heavy atom. The first-order valence-electron chi connectivity index (χ1n) is 24.9. The molecule has 0 radical (unpaired) electrons. The van der Waals surface area contributed by atoms with E-state index >= 15 is 0 Å². The highest BCUT2D eigenvalue weighted by Crippen LogP contribution is 2.38. The summed E-state index contributed by atoms with van der Waals surface area (Å²) >= 11 is 0. The van der Waals surface area contributed by atoms with Crippen LogP contribution in [0, 0.1) is 11.8 Å². The highest BCUT2D eigenvalue weighted by Gasteiger charge is 2.53. The number of pyridine rings is 1. The Morgan fingerprint density at radius 3 is 2.36 bits per heavy atom. The van der Waals surface area contributed by atoms with Gasteiger partial charge in [-0.25, -0.2) is 0 Å². The second-order valence-electron chi connectivity index (χ2n) is 19.8. The standard InChI is InChI=1S/C52H79N3O15/c1-11-41(58)67-40-28-43(60)66-36(18-15-17-34-22-24-53-38-21-14-13-20-37(34)38)19-16-25-55(9)30-39(57)31(3)27-35(23-26-56)48(49(40)63-10)70-51-46(61)45(54(7)8)47(32(4)65-51)69-44-29-52(6,62)50(33(5)64-44)68-42(59)12-2/h13-15,17,20-22,24,26,31-33,35-36,39-40,44-51,57,61-62H,11-12,16,18-19,23,25,27-30H2,1-10H3/b17-15+/t31-,32?,33?,35+,36+,39+,40-,44+,45?,46?,47+,48+,49+,50+,51+,52?/m1/s1. The molecule has 70 heavy (non-hydrogen) atoms. The fraction of sp³-hybridized carbons (Fsp3) is 0.712. The first-order valence-corrected chi connectivity index (χ1v) is 24.9. The molecular weight excluding hydrogens is 907 g/mol. The monoisotopic (exact) mass is 986 g/mol. The summed E-state index contributed by atoms with van der Waals surface area (Å²) in [6.45, 7) is 11.1. The molecule has 0 aliphatic carbocycles. The molecule has 0 amide bonds. The van der Waals surface area contributed by atoms with E-state index < -0.39 is 116 Å². The van der Waals surface area contributed by atoms with Gasteiger partial charge in [-0.3, -0.25) is 19.4 Å². The Morgan fingerprint density at radius 1 is 0.971 bits per heavy atom. The summed E-state index contributed by atoms with van der Waals surface area (Å²) in [5, 5.41) is 36.3. The zero-order chi connectivity index (χ0) is 51.3. The predicted octanol–water partition coefficient (Wildman–Crippen LogP) is 4.61. The normalized spacial score (nSPS) is 35.6. The van der Waals surface area contributed by atoms with Crippen LogP contribution in [-0.4, -0.2) is 181 Å². The minimum atomic E-state index is -1.50. The van der Waals surface area contributed by atoms with E-state index in [0.29, 0.717) is 32.4 Å². The number of hydrogen-bond acceptors (Lipinski definition) is 18. The van der Waals surface area contributed by atoms with Crippen LogP contribution in [-0.2, 0) is 57.1 Å². The van der Waals surface area contributed by atoms with Crippen LogP contribution in [0.3, 0.4) is 0 Å². The number of fused-ring (bicyclic) bond motifs is 1. The number of benzene rings is 1. The minimum absolute atomic E-state index is 0.0174. The third-order valence-corrected chi connectivity index (χ3v) is 13.8. The van der Waals surface area contributed by atoms with Gasteiger partial charge in [0.1, 0.15) is 42.4 Å². The summed E-state index contributed by atoms with van der Waals surface area (Å²) in [6, 6.07) is 8.96. The smallest absolute Gasteiger partial charge is 0.309 e. The van der Waals surface area contributed by atoms with Gasteiger partial charge in [-0.2, -0.15) is 0 Å². The number of ether oxygens (including phenoxy) is 8. The minimum Gasteiger partial charge on any atom is -0.462 e. The zero-order valence-corrected chi connectivity index (χ0v) is 42.7. The average Bonchev–Trinajstić information content (AvgIpc) is 3.30. The lowest BCUT2D eigenvalue weighted by atomic mass is 9.82. The number of carbonyl (C=O) groups is 4. The molecule has 18 nitrogen and oxygen atoms in total. The number of aromatic nitrogens is 1. The van der Waals surface area contributed by atoms with Gasteiger partial charge in [-0.05, 0) is 97.3 Å². The number of rotatable bonds is 15. The topological polar surface area (TPSA) is 222 Å². The van der Waals surface area contributed by atoms with Crippen LogP contribution in [0.4, 0.5) is 0 Å². The highest BCUT2D eigenvalue weighted by molar-refractivity contribution is 5.87. The van der Waals surface area contributed by atoms with Gasteiger partial charge < -0.3 is 67.8 Å². The van der Waals surface area contributed by atoms with Gasteiger partial charge in [0.25, 0.3) is 0 Å². The predicted molar refractivity (Wildman–Crippen MR) is 259 cm³/mol. The molecular formula is C52H79N3O15. The van der Waals surface area contributed by atoms with Crippen LogP contribution in [0.25, 0.3) is 17.0 Å². The van der Waals surface area contributed by atoms with Crippen LogP contribution in [0.2, 0.25) is 0 Å². The lowest BCUT2D eigenvalue weighted by molar-refractivity contribution is -0.344. The summed E-state index contributed by atoms with van der Waals surface area (Å²) < 4.78 is 49.9. The molecule has 0 bridgehead atoms. The fourth-order valence-electron chi connectivity index (χ4n) is 10.0. The summed E-state index contributed by atoms with van der Waals surface area (Å²) in [5.41, 5.74) is 0.319. The highest BCUT2D eigenvalue weighted by atomic mass is 16.7. The van der Waals surface area contributed by atoms with Crippen molar-refractivity contribution in [3.63, 3.8) is 0 Å². The summed E-state index contributed by atoms with van der Waals surface area (Å²) in [5.74, 6) is -2.81. The SMILES string of the molecule is CCC(=O)O[C@@H]1CC(=O)O[C@@H](C/C=C/c2ccnc3ccccc23)CCCN(C)C[C@H](O)[C@H](C)C[C@H](CC=O)[C@H](O[C@@H]2OC(C)[C@H](O[C@H]3CC(C)(O)[C@@H](OC(=O)CC)C(C)O3)C(N(C)C)C2O)[C@H]1OC. The van der Waals surface area contributed by atoms with Crippen molar-refractivity contribution in [2.75, 3.05) is 41.3 Å². The van der Waals surface area contributed by atoms with E-state index in [1.54, 1.807) is 59.8 Å². The molecule has 5 rings (SSSR count). The molecule has 1 aromatic carbocycles. The number of β-amino-alcohol motifs (C(OH)–C–C–N with tert-alkyl or cyclic N) is 1. The number of likely N-dealkylation sites (N-methyl/N-ethyl adjacent to an activating group) is 2. The van der Waals surface area contributed by atoms with Gasteiger partial charge in [0.05, 0.1) is 42.4 Å². The molecule has 0 spiro atoms. The number of carbonyl (C=O) groups excluding carboxylic acids is 4. The molecule has 3 aliphatic rings. The van der Waals surface area contributed by atoms with Crippen molar-refractivity contribution in [3.8, 4) is 0 Å². The number of aliphatic hydroxyl groups excluding tert-OH is 2. The lowest BCUT2D eigenvalue weighted by Crippen LogP contribution is -2.66. The third-order valence-electron chi connectivity index (χ3n) is 13.8. The summed E-state index contributed by atoms with van der Waals surface area (Å²) in [6.07, 6.45) is -4.30. The second-order valence-corrected chi connectivity index (χ2v) is 19.8. The molecule has 3 saturated heterocycles. The Kier molecular flexibility index (Phi) is 21.7. The molecule has 16 atom stereocenters. The van der Waals surface area contributed by atoms with Crippen molar-refractivity contribution in [1.29, 1.82) is 0 Å². The van der Waals surface area contributed by atoms with Crippen LogP contribution >= 0.6 is 0 Å². The van der Waals surface area contributed by atoms with E-state index in [0.717, 1.165) is 22.8 Å². The molecule has 5 unspecified atom stereocenters. The van der Waals surface area contributed by atoms with Crippen molar-refractivity contribution < 1.29 is 72.4 Å². The Hall–Kier alpha value is -3.95. The van der Waals surface area contributed by atoms with Crippen LogP contribution in [0.5, 0.6) is 0 Å². The van der Waals surface area contributed by atoms with Crippen LogP contribution in [0.15, 0.2) is 42.6 Å². The Labute approximate surface area is 413 Å². The van der Waals surface area contributed by atoms with E-state index in [1.165, 1.54) is 7.11 Å². The van der Waals surface area contributed by atoms with E-state index in [-0.39, 0.29) is 38.0 Å². The number of aldehydes is 1. The maximum Gasteiger partial charge on any atom is 0.309 e. The van der Waals surface area contributed by atoms with Gasteiger partial charge >= 0.3 is 17.9 Å². The molecule has 18 heteroatoms. The van der Waals surface area contributed by atoms with Crippen LogP contribution < -0.4 is 0 Å². The first kappa shape index (κ1) is 57.0. The summed E-state index contributed by atoms with van der Waals surface area (Å²) in [7, 11) is 6.83. The number of aliphatic hydroxyl groups is 3. The third kappa shape index (κ3) is 15.3. The van der Waals surface area contributed by atoms with Crippen molar-refractivity contribution >= 4 is 41.2 Å². The Balaban J connectivity index is 1.45. The van der Waals surface area contributed by atoms with Gasteiger partial charge in [-0.1, -0.05) is 51.1 Å². The fourth-order valence-corrected chi connectivity index (χ4v) is 10.0. The maximum absolute atomic E-state index is 14.2. The second kappa shape index (κ2) is 26.7. The van der Waals surface area contributed by atoms with Crippen LogP contribution in [0.1, 0.15) is 105 Å². The quantitative estimate of drug-likeness (QED) is 0.126. The molecule has 3 N–H and O–H groups in total. The van der Waals surface area contributed by atoms with Crippen molar-refractivity contribution in [3.05, 3.63) is 48.2 Å². The van der Waals surface area contributed by atoms with Gasteiger partial charge in [-0.15, -0.1) is 0 Å².